The van der Waals surface area contributed by atoms with E-state index in [1.54, 1.807) is 37.4 Å². The van der Waals surface area contributed by atoms with Crippen LogP contribution in [-0.2, 0) is 4.79 Å². The minimum Gasteiger partial charge on any atom is -0.497 e. The van der Waals surface area contributed by atoms with Crippen molar-refractivity contribution in [2.45, 2.75) is 5.16 Å². The van der Waals surface area contributed by atoms with Crippen LogP contribution in [0.25, 0.3) is 5.69 Å². The highest BCUT2D eigenvalue weighted by atomic mass is 32.2. The largest absolute Gasteiger partial charge is 0.497 e. The Labute approximate surface area is 158 Å². The maximum Gasteiger partial charge on any atom is 0.234 e. The Morgan fingerprint density at radius 3 is 2.67 bits per heavy atom. The number of aromatic nitrogens is 4. The average Bonchev–Trinajstić information content (AvgIpc) is 3.15. The summed E-state index contributed by atoms with van der Waals surface area (Å²) in [5.74, 6) is 0.569. The summed E-state index contributed by atoms with van der Waals surface area (Å²) in [4.78, 5) is 12.3. The molecule has 0 aliphatic carbocycles. The van der Waals surface area contributed by atoms with Crippen molar-refractivity contribution in [2.24, 2.45) is 0 Å². The van der Waals surface area contributed by atoms with E-state index in [2.05, 4.69) is 20.8 Å². The normalized spacial score (nSPS) is 10.5. The first-order valence-corrected chi connectivity index (χ1v) is 8.78. The first kappa shape index (κ1) is 18.6. The van der Waals surface area contributed by atoms with E-state index in [0.717, 1.165) is 11.8 Å². The van der Waals surface area contributed by atoms with E-state index in [1.165, 1.54) is 23.9 Å². The molecule has 0 unspecified atom stereocenters. The summed E-state index contributed by atoms with van der Waals surface area (Å²) in [5.41, 5.74) is 1.10. The van der Waals surface area contributed by atoms with Crippen molar-refractivity contribution < 1.29 is 18.7 Å². The molecular formula is C17H16FN5O3S. The number of halogens is 1. The number of benzene rings is 2. The third-order valence-electron chi connectivity index (χ3n) is 3.53. The van der Waals surface area contributed by atoms with Crippen LogP contribution in [-0.4, -0.2) is 46.1 Å². The van der Waals surface area contributed by atoms with Crippen molar-refractivity contribution in [1.82, 2.24) is 20.2 Å². The molecule has 3 rings (SSSR count). The van der Waals surface area contributed by atoms with E-state index in [0.29, 0.717) is 28.0 Å². The molecule has 140 valence electrons. The number of nitrogens with one attached hydrogen (secondary N) is 1. The number of hydrogen-bond acceptors (Lipinski definition) is 7. The van der Waals surface area contributed by atoms with Crippen molar-refractivity contribution in [3.8, 4) is 17.2 Å². The van der Waals surface area contributed by atoms with Crippen molar-refractivity contribution in [3.05, 3.63) is 48.3 Å². The summed E-state index contributed by atoms with van der Waals surface area (Å²) in [7, 11) is 3.06. The molecule has 2 aromatic carbocycles. The number of carbonyl (C=O) groups excluding carboxylic acids is 1. The maximum absolute atomic E-state index is 13.1. The highest BCUT2D eigenvalue weighted by molar-refractivity contribution is 7.99. The standard InChI is InChI=1S/C17H16FN5O3S/c1-25-13-7-8-15(26-2)14(9-13)19-16(24)10-27-17-20-21-22-23(17)12-5-3-11(18)4-6-12/h3-9H,10H2,1-2H3,(H,19,24). The van der Waals surface area contributed by atoms with Gasteiger partial charge < -0.3 is 14.8 Å². The Morgan fingerprint density at radius 2 is 1.96 bits per heavy atom. The van der Waals surface area contributed by atoms with Crippen LogP contribution in [0.1, 0.15) is 0 Å². The first-order valence-electron chi connectivity index (χ1n) is 7.79. The monoisotopic (exact) mass is 389 g/mol. The molecule has 8 nitrogen and oxygen atoms in total. The van der Waals surface area contributed by atoms with Crippen LogP contribution in [0.15, 0.2) is 47.6 Å². The summed E-state index contributed by atoms with van der Waals surface area (Å²) in [6.07, 6.45) is 0. The van der Waals surface area contributed by atoms with Crippen molar-refractivity contribution >= 4 is 23.4 Å². The zero-order valence-electron chi connectivity index (χ0n) is 14.5. The second kappa shape index (κ2) is 8.49. The predicted octanol–water partition coefficient (Wildman–Crippen LogP) is 2.55. The SMILES string of the molecule is COc1ccc(OC)c(NC(=O)CSc2nnnn2-c2ccc(F)cc2)c1. The number of methoxy groups -OCH3 is 2. The van der Waals surface area contributed by atoms with E-state index in [1.807, 2.05) is 0 Å². The minimum atomic E-state index is -0.354. The number of tetrazole rings is 1. The third kappa shape index (κ3) is 4.53. The molecule has 0 radical (unpaired) electrons. The second-order valence-electron chi connectivity index (χ2n) is 5.25. The molecule has 1 amide bonds. The molecule has 0 fully saturated rings. The lowest BCUT2D eigenvalue weighted by atomic mass is 10.2. The summed E-state index contributed by atoms with van der Waals surface area (Å²) in [5, 5.41) is 14.6. The quantitative estimate of drug-likeness (QED) is 0.621. The van der Waals surface area contributed by atoms with Crippen LogP contribution in [0.3, 0.4) is 0 Å². The lowest BCUT2D eigenvalue weighted by molar-refractivity contribution is -0.113. The van der Waals surface area contributed by atoms with Gasteiger partial charge in [0.1, 0.15) is 17.3 Å². The molecule has 0 atom stereocenters. The van der Waals surface area contributed by atoms with Crippen LogP contribution < -0.4 is 14.8 Å². The maximum atomic E-state index is 13.1. The van der Waals surface area contributed by atoms with Gasteiger partial charge in [0, 0.05) is 6.07 Å². The van der Waals surface area contributed by atoms with Gasteiger partial charge in [-0.25, -0.2) is 4.39 Å². The zero-order valence-corrected chi connectivity index (χ0v) is 15.4. The number of rotatable bonds is 7. The number of anilines is 1. The van der Waals surface area contributed by atoms with Gasteiger partial charge in [0.25, 0.3) is 0 Å². The number of nitrogens with zero attached hydrogens (tertiary/aromatic N) is 4. The van der Waals surface area contributed by atoms with Gasteiger partial charge in [-0.3, -0.25) is 4.79 Å². The molecule has 3 aromatic rings. The zero-order chi connectivity index (χ0) is 19.2. The topological polar surface area (TPSA) is 91.2 Å². The van der Waals surface area contributed by atoms with Crippen LogP contribution in [0.2, 0.25) is 0 Å². The van der Waals surface area contributed by atoms with Gasteiger partial charge in [0.05, 0.1) is 31.3 Å². The molecule has 0 bridgehead atoms. The summed E-state index contributed by atoms with van der Waals surface area (Å²) in [6.45, 7) is 0. The van der Waals surface area contributed by atoms with E-state index in [9.17, 15) is 9.18 Å². The Hall–Kier alpha value is -3.14. The average molecular weight is 389 g/mol. The van der Waals surface area contributed by atoms with Crippen LogP contribution in [0.4, 0.5) is 10.1 Å². The van der Waals surface area contributed by atoms with Gasteiger partial charge in [-0.15, -0.1) is 5.10 Å². The number of thioether (sulfide) groups is 1. The van der Waals surface area contributed by atoms with Gasteiger partial charge in [-0.2, -0.15) is 4.68 Å². The van der Waals surface area contributed by atoms with Crippen LogP contribution in [0, 0.1) is 5.82 Å². The van der Waals surface area contributed by atoms with Crippen LogP contribution in [0.5, 0.6) is 11.5 Å². The Kier molecular flexibility index (Phi) is 5.87. The molecule has 10 heteroatoms. The molecular weight excluding hydrogens is 373 g/mol. The van der Waals surface area contributed by atoms with Gasteiger partial charge in [0.2, 0.25) is 11.1 Å². The summed E-state index contributed by atoms with van der Waals surface area (Å²) in [6, 6.07) is 10.8. The number of carbonyl (C=O) groups is 1. The van der Waals surface area contributed by atoms with E-state index < -0.39 is 0 Å². The molecule has 0 saturated carbocycles. The number of amides is 1. The molecule has 0 aliphatic rings. The summed E-state index contributed by atoms with van der Waals surface area (Å²) >= 11 is 1.15. The summed E-state index contributed by atoms with van der Waals surface area (Å²) < 4.78 is 24.9. The second-order valence-corrected chi connectivity index (χ2v) is 6.20. The van der Waals surface area contributed by atoms with E-state index >= 15 is 0 Å². The molecule has 0 saturated heterocycles. The van der Waals surface area contributed by atoms with E-state index in [4.69, 9.17) is 9.47 Å². The number of hydrogen-bond donors (Lipinski definition) is 1. The fourth-order valence-corrected chi connectivity index (χ4v) is 2.93. The highest BCUT2D eigenvalue weighted by Crippen LogP contribution is 2.29. The van der Waals surface area contributed by atoms with Crippen molar-refractivity contribution in [3.63, 3.8) is 0 Å². The van der Waals surface area contributed by atoms with Crippen molar-refractivity contribution in [2.75, 3.05) is 25.3 Å². The minimum absolute atomic E-state index is 0.0714. The number of ether oxygens (including phenoxy) is 2. The molecule has 0 aliphatic heterocycles. The fraction of sp³-hybridized carbons (Fsp3) is 0.176. The smallest absolute Gasteiger partial charge is 0.234 e. The lowest BCUT2D eigenvalue weighted by Gasteiger charge is -2.11. The Balaban J connectivity index is 1.67. The Bertz CT molecular complexity index is 933. The van der Waals surface area contributed by atoms with Gasteiger partial charge in [0.15, 0.2) is 0 Å². The van der Waals surface area contributed by atoms with Crippen molar-refractivity contribution in [1.29, 1.82) is 0 Å². The van der Waals surface area contributed by atoms with Gasteiger partial charge >= 0.3 is 0 Å². The molecule has 27 heavy (non-hydrogen) atoms. The van der Waals surface area contributed by atoms with Gasteiger partial charge in [-0.1, -0.05) is 11.8 Å². The Morgan fingerprint density at radius 1 is 1.19 bits per heavy atom. The lowest BCUT2D eigenvalue weighted by Crippen LogP contribution is -2.15. The predicted molar refractivity (Wildman–Crippen MR) is 98.0 cm³/mol. The van der Waals surface area contributed by atoms with Crippen LogP contribution >= 0.6 is 11.8 Å². The molecule has 0 spiro atoms. The van der Waals surface area contributed by atoms with E-state index in [-0.39, 0.29) is 17.5 Å². The third-order valence-corrected chi connectivity index (χ3v) is 4.44. The van der Waals surface area contributed by atoms with Gasteiger partial charge in [-0.05, 0) is 46.8 Å². The first-order chi connectivity index (χ1) is 13.1. The molecule has 1 aromatic heterocycles. The molecule has 1 N–H and O–H groups in total. The fourth-order valence-electron chi connectivity index (χ4n) is 2.24. The molecule has 1 heterocycles. The highest BCUT2D eigenvalue weighted by Gasteiger charge is 2.14.